The summed E-state index contributed by atoms with van der Waals surface area (Å²) in [6.07, 6.45) is 0.906. The molecule has 0 aliphatic carbocycles. The third-order valence-corrected chi connectivity index (χ3v) is 2.78. The van der Waals surface area contributed by atoms with Crippen LogP contribution >= 0.6 is 11.6 Å². The maximum absolute atomic E-state index is 11.5. The number of halogens is 1. The summed E-state index contributed by atoms with van der Waals surface area (Å²) in [5.74, 6) is 1.03. The summed E-state index contributed by atoms with van der Waals surface area (Å²) in [5, 5.41) is 6.22. The van der Waals surface area contributed by atoms with Crippen molar-refractivity contribution in [2.45, 2.75) is 13.3 Å². The van der Waals surface area contributed by atoms with Gasteiger partial charge in [0.2, 0.25) is 5.91 Å². The van der Waals surface area contributed by atoms with Gasteiger partial charge in [0.15, 0.2) is 0 Å². The highest BCUT2D eigenvalue weighted by molar-refractivity contribution is 6.32. The molecule has 2 N–H and O–H groups in total. The number of anilines is 1. The molecule has 1 aromatic rings. The molecule has 0 aliphatic rings. The van der Waals surface area contributed by atoms with Gasteiger partial charge in [0.05, 0.1) is 31.5 Å². The van der Waals surface area contributed by atoms with Crippen LogP contribution in [-0.2, 0) is 4.79 Å². The summed E-state index contributed by atoms with van der Waals surface area (Å²) < 4.78 is 10.3. The van der Waals surface area contributed by atoms with Gasteiger partial charge in [-0.2, -0.15) is 0 Å². The van der Waals surface area contributed by atoms with E-state index in [0.29, 0.717) is 28.8 Å². The number of hydrogen-bond donors (Lipinski definition) is 2. The van der Waals surface area contributed by atoms with Gasteiger partial charge >= 0.3 is 0 Å². The molecule has 0 saturated carbocycles. The summed E-state index contributed by atoms with van der Waals surface area (Å²) in [6, 6.07) is 3.35. The number of rotatable bonds is 7. The molecule has 1 aromatic carbocycles. The van der Waals surface area contributed by atoms with Crippen molar-refractivity contribution >= 4 is 23.2 Å². The van der Waals surface area contributed by atoms with E-state index in [1.165, 1.54) is 7.11 Å². The predicted molar refractivity (Wildman–Crippen MR) is 76.3 cm³/mol. The Morgan fingerprint density at radius 2 is 1.95 bits per heavy atom. The van der Waals surface area contributed by atoms with E-state index < -0.39 is 0 Å². The van der Waals surface area contributed by atoms with Gasteiger partial charge in [-0.25, -0.2) is 0 Å². The average Bonchev–Trinajstić information content (AvgIpc) is 2.42. The fourth-order valence-electron chi connectivity index (χ4n) is 1.50. The van der Waals surface area contributed by atoms with Crippen molar-refractivity contribution in [1.82, 2.24) is 5.32 Å². The first kappa shape index (κ1) is 15.4. The van der Waals surface area contributed by atoms with Crippen LogP contribution in [0.2, 0.25) is 5.02 Å². The second kappa shape index (κ2) is 7.74. The number of amides is 1. The zero-order valence-electron chi connectivity index (χ0n) is 11.4. The Bertz CT molecular complexity index is 438. The first-order valence-electron chi connectivity index (χ1n) is 6.04. The third-order valence-electron chi connectivity index (χ3n) is 2.49. The fraction of sp³-hybridized carbons (Fsp3) is 0.462. The van der Waals surface area contributed by atoms with Crippen LogP contribution in [0, 0.1) is 0 Å². The number of hydrogen-bond acceptors (Lipinski definition) is 4. The number of methoxy groups -OCH3 is 2. The number of benzene rings is 1. The van der Waals surface area contributed by atoms with E-state index in [-0.39, 0.29) is 12.5 Å². The standard InChI is InChI=1S/C13H19ClN2O3/c1-4-5-15-13(17)8-16-10-6-9(14)11(18-2)7-12(10)19-3/h6-7,16H,4-5,8H2,1-3H3,(H,15,17). The number of carbonyl (C=O) groups is 1. The molecule has 6 heteroatoms. The van der Waals surface area contributed by atoms with Crippen molar-refractivity contribution in [3.63, 3.8) is 0 Å². The van der Waals surface area contributed by atoms with Gasteiger partial charge in [0.1, 0.15) is 11.5 Å². The van der Waals surface area contributed by atoms with E-state index in [9.17, 15) is 4.79 Å². The second-order valence-corrected chi connectivity index (χ2v) is 4.30. The monoisotopic (exact) mass is 286 g/mol. The number of nitrogens with one attached hydrogen (secondary N) is 2. The highest BCUT2D eigenvalue weighted by Crippen LogP contribution is 2.35. The minimum absolute atomic E-state index is 0.0733. The Labute approximate surface area is 118 Å². The van der Waals surface area contributed by atoms with Gasteiger partial charge in [-0.05, 0) is 12.5 Å². The zero-order valence-corrected chi connectivity index (χ0v) is 12.1. The maximum atomic E-state index is 11.5. The largest absolute Gasteiger partial charge is 0.495 e. The van der Waals surface area contributed by atoms with E-state index in [0.717, 1.165) is 6.42 Å². The lowest BCUT2D eigenvalue weighted by molar-refractivity contribution is -0.119. The van der Waals surface area contributed by atoms with Crippen molar-refractivity contribution < 1.29 is 14.3 Å². The lowest BCUT2D eigenvalue weighted by Gasteiger charge is -2.13. The molecule has 5 nitrogen and oxygen atoms in total. The molecular weight excluding hydrogens is 268 g/mol. The average molecular weight is 287 g/mol. The van der Waals surface area contributed by atoms with Gasteiger partial charge in [0, 0.05) is 12.6 Å². The summed E-state index contributed by atoms with van der Waals surface area (Å²) >= 11 is 6.04. The van der Waals surface area contributed by atoms with Crippen molar-refractivity contribution in [1.29, 1.82) is 0 Å². The first-order valence-corrected chi connectivity index (χ1v) is 6.42. The van der Waals surface area contributed by atoms with E-state index in [4.69, 9.17) is 21.1 Å². The molecule has 0 bridgehead atoms. The van der Waals surface area contributed by atoms with Gasteiger partial charge in [-0.15, -0.1) is 0 Å². The molecule has 1 rings (SSSR count). The lowest BCUT2D eigenvalue weighted by atomic mass is 10.2. The SMILES string of the molecule is CCCNC(=O)CNc1cc(Cl)c(OC)cc1OC. The molecule has 0 spiro atoms. The van der Waals surface area contributed by atoms with E-state index >= 15 is 0 Å². The second-order valence-electron chi connectivity index (χ2n) is 3.89. The predicted octanol–water partition coefficient (Wildman–Crippen LogP) is 2.30. The van der Waals surface area contributed by atoms with Crippen LogP contribution in [0.5, 0.6) is 11.5 Å². The van der Waals surface area contributed by atoms with Crippen LogP contribution in [0.3, 0.4) is 0 Å². The Morgan fingerprint density at radius 3 is 2.53 bits per heavy atom. The summed E-state index contributed by atoms with van der Waals surface area (Å²) in [7, 11) is 3.08. The molecule has 0 atom stereocenters. The van der Waals surface area contributed by atoms with E-state index in [1.807, 2.05) is 6.92 Å². The van der Waals surface area contributed by atoms with Gasteiger partial charge in [-0.3, -0.25) is 4.79 Å². The third kappa shape index (κ3) is 4.52. The van der Waals surface area contributed by atoms with Crippen molar-refractivity contribution in [3.05, 3.63) is 17.2 Å². The molecule has 0 aromatic heterocycles. The van der Waals surface area contributed by atoms with E-state index in [1.54, 1.807) is 19.2 Å². The Balaban J connectivity index is 2.72. The minimum atomic E-state index is -0.0733. The molecule has 0 radical (unpaired) electrons. The van der Waals surface area contributed by atoms with Crippen molar-refractivity contribution in [2.24, 2.45) is 0 Å². The minimum Gasteiger partial charge on any atom is -0.495 e. The van der Waals surface area contributed by atoms with E-state index in [2.05, 4.69) is 10.6 Å². The molecule has 106 valence electrons. The number of ether oxygens (including phenoxy) is 2. The van der Waals surface area contributed by atoms with Gasteiger partial charge in [-0.1, -0.05) is 18.5 Å². The van der Waals surface area contributed by atoms with Crippen LogP contribution in [-0.4, -0.2) is 33.2 Å². The van der Waals surface area contributed by atoms with Crippen LogP contribution in [0.4, 0.5) is 5.69 Å². The van der Waals surface area contributed by atoms with Crippen LogP contribution in [0.25, 0.3) is 0 Å². The Kier molecular flexibility index (Phi) is 6.29. The smallest absolute Gasteiger partial charge is 0.239 e. The van der Waals surface area contributed by atoms with Crippen LogP contribution in [0.15, 0.2) is 12.1 Å². The Morgan fingerprint density at radius 1 is 1.26 bits per heavy atom. The highest BCUT2D eigenvalue weighted by atomic mass is 35.5. The molecule has 0 aliphatic heterocycles. The molecule has 1 amide bonds. The maximum Gasteiger partial charge on any atom is 0.239 e. The molecule has 0 saturated heterocycles. The topological polar surface area (TPSA) is 59.6 Å². The molecule has 0 unspecified atom stereocenters. The first-order chi connectivity index (χ1) is 9.12. The lowest BCUT2D eigenvalue weighted by Crippen LogP contribution is -2.30. The summed E-state index contributed by atoms with van der Waals surface area (Å²) in [6.45, 7) is 2.83. The normalized spacial score (nSPS) is 9.89. The van der Waals surface area contributed by atoms with Gasteiger partial charge < -0.3 is 20.1 Å². The molecule has 0 heterocycles. The fourth-order valence-corrected chi connectivity index (χ4v) is 1.74. The number of carbonyl (C=O) groups excluding carboxylic acids is 1. The van der Waals surface area contributed by atoms with Crippen LogP contribution < -0.4 is 20.1 Å². The zero-order chi connectivity index (χ0) is 14.3. The highest BCUT2D eigenvalue weighted by Gasteiger charge is 2.10. The van der Waals surface area contributed by atoms with Crippen molar-refractivity contribution in [3.8, 4) is 11.5 Å². The summed E-state index contributed by atoms with van der Waals surface area (Å²) in [4.78, 5) is 11.5. The van der Waals surface area contributed by atoms with Crippen LogP contribution in [0.1, 0.15) is 13.3 Å². The Hall–Kier alpha value is -1.62. The molecule has 19 heavy (non-hydrogen) atoms. The molecular formula is C13H19ClN2O3. The quantitative estimate of drug-likeness (QED) is 0.807. The van der Waals surface area contributed by atoms with Gasteiger partial charge in [0.25, 0.3) is 0 Å². The molecule has 0 fully saturated rings. The summed E-state index contributed by atoms with van der Waals surface area (Å²) in [5.41, 5.74) is 0.653. The van der Waals surface area contributed by atoms with Crippen molar-refractivity contribution in [2.75, 3.05) is 32.6 Å².